The summed E-state index contributed by atoms with van der Waals surface area (Å²) in [6.45, 7) is 4.66. The summed E-state index contributed by atoms with van der Waals surface area (Å²) in [7, 11) is 3.88. The minimum atomic E-state index is 0.395. The molecule has 6 aliphatic rings. The summed E-state index contributed by atoms with van der Waals surface area (Å²) < 4.78 is 13.2. The number of pyridine rings is 3. The number of piperidine rings is 2. The number of hydrogen-bond donors (Lipinski definition) is 1. The molecule has 4 aromatic heterocycles. The third-order valence-electron chi connectivity index (χ3n) is 10.4. The first kappa shape index (κ1) is 28.2. The van der Waals surface area contributed by atoms with Gasteiger partial charge in [-0.05, 0) is 56.5 Å². The molecule has 10 rings (SSSR count). The fraction of sp³-hybridized carbons (Fsp3) is 0.471. The summed E-state index contributed by atoms with van der Waals surface area (Å²) in [5.74, 6) is 2.26. The van der Waals surface area contributed by atoms with Gasteiger partial charge in [-0.25, -0.2) is 14.5 Å². The van der Waals surface area contributed by atoms with E-state index in [-0.39, 0.29) is 0 Å². The fourth-order valence-electron chi connectivity index (χ4n) is 7.86. The first-order chi connectivity index (χ1) is 22.0. The molecule has 11 heteroatoms. The first-order valence-corrected chi connectivity index (χ1v) is 16.0. The summed E-state index contributed by atoms with van der Waals surface area (Å²) in [5.41, 5.74) is 4.35. The molecular weight excluding hydrogens is 566 g/mol. The van der Waals surface area contributed by atoms with Crippen molar-refractivity contribution in [1.82, 2.24) is 34.3 Å². The number of anilines is 1. The van der Waals surface area contributed by atoms with E-state index in [0.717, 1.165) is 67.2 Å². The molecule has 0 amide bonds. The summed E-state index contributed by atoms with van der Waals surface area (Å²) in [6.07, 6.45) is 12.1. The Morgan fingerprint density at radius 2 is 1.80 bits per heavy atom. The lowest BCUT2D eigenvalue weighted by molar-refractivity contribution is -0.0529. The molecule has 4 unspecified atom stereocenters. The summed E-state index contributed by atoms with van der Waals surface area (Å²) in [4.78, 5) is 16.8. The maximum atomic E-state index is 9.79. The Hall–Kier alpha value is -4.24. The maximum absolute atomic E-state index is 9.79. The van der Waals surface area contributed by atoms with Crippen molar-refractivity contribution in [2.45, 2.75) is 62.4 Å². The van der Waals surface area contributed by atoms with Crippen LogP contribution >= 0.6 is 0 Å². The molecule has 0 spiro atoms. The molecule has 4 atom stereocenters. The average Bonchev–Trinajstić information content (AvgIpc) is 3.50. The number of rotatable bonds is 10. The van der Waals surface area contributed by atoms with Gasteiger partial charge in [0.05, 0.1) is 30.6 Å². The van der Waals surface area contributed by atoms with Gasteiger partial charge in [-0.2, -0.15) is 10.4 Å². The van der Waals surface area contributed by atoms with E-state index in [2.05, 4.69) is 55.3 Å². The van der Waals surface area contributed by atoms with Gasteiger partial charge in [-0.15, -0.1) is 0 Å². The third kappa shape index (κ3) is 5.37. The fourth-order valence-corrected chi connectivity index (χ4v) is 7.86. The van der Waals surface area contributed by atoms with Crippen molar-refractivity contribution < 1.29 is 9.47 Å². The Bertz CT molecular complexity index is 1690. The van der Waals surface area contributed by atoms with Crippen molar-refractivity contribution in [3.8, 4) is 28.8 Å². The number of likely N-dealkylation sites (N-methyl/N-ethyl adjacent to an activating group) is 1. The van der Waals surface area contributed by atoms with Gasteiger partial charge in [-0.1, -0.05) is 6.07 Å². The zero-order valence-corrected chi connectivity index (χ0v) is 25.8. The third-order valence-corrected chi connectivity index (χ3v) is 10.4. The number of hydrogen-bond acceptors (Lipinski definition) is 10. The molecule has 232 valence electrons. The molecular formula is C34H39N9O2. The van der Waals surface area contributed by atoms with E-state index in [1.165, 1.54) is 18.4 Å². The molecule has 1 N–H and O–H groups in total. The lowest BCUT2D eigenvalue weighted by Gasteiger charge is -2.55. The lowest BCUT2D eigenvalue weighted by atomic mass is 9.76. The second kappa shape index (κ2) is 11.6. The van der Waals surface area contributed by atoms with Gasteiger partial charge >= 0.3 is 0 Å². The predicted molar refractivity (Wildman–Crippen MR) is 170 cm³/mol. The lowest BCUT2D eigenvalue weighted by Crippen LogP contribution is -2.67. The maximum Gasteiger partial charge on any atom is 0.212 e. The van der Waals surface area contributed by atoms with Crippen molar-refractivity contribution in [3.05, 3.63) is 66.2 Å². The van der Waals surface area contributed by atoms with E-state index in [4.69, 9.17) is 14.5 Å². The standard InChI is InChI=1S/C34H39N9O2/c1-40-28-12-29(40)20-41(19-28)7-8-45-30-13-31(34-24(14-35)17-38-43(34)21-30)23-4-5-32(36-16-23)39-25-9-26-11-27(10-25)42(26)18-22-3-6-33(44-2)37-15-22/h3-6,13,15-17,21,25-29H,7-12,18-20H2,1-2H3,(H,36,39). The highest BCUT2D eigenvalue weighted by Gasteiger charge is 2.45. The van der Waals surface area contributed by atoms with Crippen LogP contribution in [-0.4, -0.2) is 105 Å². The molecule has 9 heterocycles. The Kier molecular flexibility index (Phi) is 7.28. The Morgan fingerprint density at radius 3 is 2.49 bits per heavy atom. The summed E-state index contributed by atoms with van der Waals surface area (Å²) in [5, 5.41) is 17.9. The largest absolute Gasteiger partial charge is 0.491 e. The van der Waals surface area contributed by atoms with Crippen molar-refractivity contribution in [3.63, 3.8) is 0 Å². The number of nitriles is 1. The minimum absolute atomic E-state index is 0.395. The van der Waals surface area contributed by atoms with Crippen LogP contribution in [0.3, 0.4) is 0 Å². The molecule has 45 heavy (non-hydrogen) atoms. The van der Waals surface area contributed by atoms with Gasteiger partial charge in [0.2, 0.25) is 5.88 Å². The molecule has 4 aromatic rings. The first-order valence-electron chi connectivity index (χ1n) is 16.0. The van der Waals surface area contributed by atoms with Gasteiger partial charge in [0.15, 0.2) is 0 Å². The number of methoxy groups -OCH3 is 1. The smallest absolute Gasteiger partial charge is 0.212 e. The molecule has 6 fully saturated rings. The highest BCUT2D eigenvalue weighted by molar-refractivity contribution is 5.85. The SMILES string of the molecule is COc1ccc(CN2C3CC(Nc4ccc(-c5cc(OCCN6CC7CC(C6)N7C)cn6ncc(C#N)c56)cn4)CC2C3)cn1. The van der Waals surface area contributed by atoms with Gasteiger partial charge < -0.3 is 14.8 Å². The normalized spacial score (nSPS) is 26.1. The van der Waals surface area contributed by atoms with Gasteiger partial charge in [0.25, 0.3) is 0 Å². The van der Waals surface area contributed by atoms with Gasteiger partial charge in [-0.3, -0.25) is 14.7 Å². The van der Waals surface area contributed by atoms with Crippen molar-refractivity contribution in [1.29, 1.82) is 5.26 Å². The van der Waals surface area contributed by atoms with Crippen LogP contribution in [0.25, 0.3) is 16.6 Å². The number of aromatic nitrogens is 4. The number of nitrogens with zero attached hydrogens (tertiary/aromatic N) is 8. The van der Waals surface area contributed by atoms with Crippen LogP contribution in [0.4, 0.5) is 5.82 Å². The molecule has 0 aromatic carbocycles. The van der Waals surface area contributed by atoms with Gasteiger partial charge in [0.1, 0.15) is 24.2 Å². The highest BCUT2D eigenvalue weighted by Crippen LogP contribution is 2.40. The van der Waals surface area contributed by atoms with Crippen LogP contribution in [0, 0.1) is 11.3 Å². The Balaban J connectivity index is 0.915. The molecule has 5 aliphatic heterocycles. The second-order valence-electron chi connectivity index (χ2n) is 13.0. The topological polar surface area (TPSA) is 107 Å². The van der Waals surface area contributed by atoms with Crippen molar-refractivity contribution >= 4 is 11.3 Å². The molecule has 1 aliphatic carbocycles. The van der Waals surface area contributed by atoms with E-state index in [1.807, 2.05) is 36.8 Å². The molecule has 0 radical (unpaired) electrons. The van der Waals surface area contributed by atoms with E-state index in [0.29, 0.717) is 48.3 Å². The number of fused-ring (bicyclic) bond motifs is 5. The van der Waals surface area contributed by atoms with E-state index >= 15 is 0 Å². The molecule has 5 saturated heterocycles. The van der Waals surface area contributed by atoms with Gasteiger partial charge in [0, 0.05) is 86.0 Å². The average molecular weight is 606 g/mol. The molecule has 11 nitrogen and oxygen atoms in total. The molecule has 4 bridgehead atoms. The zero-order valence-electron chi connectivity index (χ0n) is 25.8. The van der Waals surface area contributed by atoms with Crippen LogP contribution in [0.15, 0.2) is 55.1 Å². The van der Waals surface area contributed by atoms with E-state index in [1.54, 1.807) is 17.8 Å². The van der Waals surface area contributed by atoms with E-state index in [9.17, 15) is 5.26 Å². The van der Waals surface area contributed by atoms with E-state index < -0.39 is 0 Å². The van der Waals surface area contributed by atoms with Crippen molar-refractivity contribution in [2.24, 2.45) is 0 Å². The zero-order chi connectivity index (χ0) is 30.5. The Morgan fingerprint density at radius 1 is 0.978 bits per heavy atom. The van der Waals surface area contributed by atoms with Crippen LogP contribution < -0.4 is 14.8 Å². The summed E-state index contributed by atoms with van der Waals surface area (Å²) in [6, 6.07) is 15.4. The Labute approximate surface area is 263 Å². The number of ether oxygens (including phenoxy) is 2. The predicted octanol–water partition coefficient (Wildman–Crippen LogP) is 3.66. The van der Waals surface area contributed by atoms with Crippen LogP contribution in [0.5, 0.6) is 11.6 Å². The number of piperazine rings is 1. The quantitative estimate of drug-likeness (QED) is 0.288. The minimum Gasteiger partial charge on any atom is -0.491 e. The molecule has 1 saturated carbocycles. The summed E-state index contributed by atoms with van der Waals surface area (Å²) >= 11 is 0. The van der Waals surface area contributed by atoms with Crippen molar-refractivity contribution in [2.75, 3.05) is 45.7 Å². The monoisotopic (exact) mass is 605 g/mol. The highest BCUT2D eigenvalue weighted by atomic mass is 16.5. The second-order valence-corrected chi connectivity index (χ2v) is 13.0. The van der Waals surface area contributed by atoms with Crippen LogP contribution in [0.1, 0.15) is 36.8 Å². The van der Waals surface area contributed by atoms with Crippen LogP contribution in [-0.2, 0) is 6.54 Å². The number of nitrogens with one attached hydrogen (secondary N) is 1. The van der Waals surface area contributed by atoms with Crippen LogP contribution in [0.2, 0.25) is 0 Å².